The predicted molar refractivity (Wildman–Crippen MR) is 63.3 cm³/mol. The Kier molecular flexibility index (Phi) is 5.88. The largest absolute Gasteiger partial charge is 0.294 e. The van der Waals surface area contributed by atoms with E-state index in [0.717, 1.165) is 23.5 Å². The van der Waals surface area contributed by atoms with Crippen molar-refractivity contribution in [2.24, 2.45) is 5.84 Å². The van der Waals surface area contributed by atoms with Crippen molar-refractivity contribution >= 4 is 17.7 Å². The topological polar surface area (TPSA) is 55.1 Å². The summed E-state index contributed by atoms with van der Waals surface area (Å²) in [6.45, 7) is 0. The highest BCUT2D eigenvalue weighted by Crippen LogP contribution is 2.20. The third-order valence-corrected chi connectivity index (χ3v) is 3.10. The predicted octanol–water partition coefficient (Wildman–Crippen LogP) is 2.08. The normalized spacial score (nSPS) is 10.1. The number of halogens is 1. The zero-order valence-electron chi connectivity index (χ0n) is 8.91. The van der Waals surface area contributed by atoms with Crippen LogP contribution >= 0.6 is 11.8 Å². The number of benzene rings is 1. The Morgan fingerprint density at radius 2 is 2.25 bits per heavy atom. The van der Waals surface area contributed by atoms with Gasteiger partial charge in [0.2, 0.25) is 5.91 Å². The van der Waals surface area contributed by atoms with Crippen LogP contribution in [0.3, 0.4) is 0 Å². The maximum Gasteiger partial charge on any atom is 0.233 e. The molecule has 3 nitrogen and oxygen atoms in total. The minimum absolute atomic E-state index is 0.143. The minimum Gasteiger partial charge on any atom is -0.294 e. The van der Waals surface area contributed by atoms with Crippen molar-refractivity contribution in [2.45, 2.75) is 24.2 Å². The van der Waals surface area contributed by atoms with Gasteiger partial charge in [0.1, 0.15) is 5.82 Å². The van der Waals surface area contributed by atoms with Crippen LogP contribution in [0.2, 0.25) is 0 Å². The van der Waals surface area contributed by atoms with Crippen molar-refractivity contribution in [3.8, 4) is 0 Å². The summed E-state index contributed by atoms with van der Waals surface area (Å²) in [5, 5.41) is 0. The molecule has 0 radical (unpaired) electrons. The second kappa shape index (κ2) is 7.24. The number of hydrogen-bond acceptors (Lipinski definition) is 3. The van der Waals surface area contributed by atoms with Gasteiger partial charge in [-0.3, -0.25) is 10.2 Å². The third-order valence-electron chi connectivity index (χ3n) is 2.02. The highest BCUT2D eigenvalue weighted by Gasteiger charge is 1.99. The number of nitrogens with two attached hydrogens (primary N) is 1. The number of hydrazine groups is 1. The van der Waals surface area contributed by atoms with Crippen LogP contribution in [-0.4, -0.2) is 11.7 Å². The highest BCUT2D eigenvalue weighted by atomic mass is 32.2. The molecule has 5 heteroatoms. The van der Waals surface area contributed by atoms with Gasteiger partial charge in [0.25, 0.3) is 0 Å². The van der Waals surface area contributed by atoms with Crippen molar-refractivity contribution < 1.29 is 9.18 Å². The van der Waals surface area contributed by atoms with Crippen LogP contribution in [0.15, 0.2) is 29.2 Å². The average molecular weight is 242 g/mol. The molecule has 0 aliphatic heterocycles. The average Bonchev–Trinajstić information content (AvgIpc) is 2.28. The first-order valence-corrected chi connectivity index (χ1v) is 6.09. The van der Waals surface area contributed by atoms with E-state index in [-0.39, 0.29) is 11.7 Å². The second-order valence-electron chi connectivity index (χ2n) is 3.33. The molecule has 0 fully saturated rings. The van der Waals surface area contributed by atoms with Gasteiger partial charge in [-0.1, -0.05) is 6.07 Å². The fraction of sp³-hybridized carbons (Fsp3) is 0.364. The van der Waals surface area contributed by atoms with Crippen molar-refractivity contribution in [1.29, 1.82) is 0 Å². The number of nitrogens with one attached hydrogen (secondary N) is 1. The van der Waals surface area contributed by atoms with E-state index in [1.807, 2.05) is 6.07 Å². The van der Waals surface area contributed by atoms with E-state index in [1.165, 1.54) is 12.1 Å². The van der Waals surface area contributed by atoms with Crippen LogP contribution in [0.1, 0.15) is 19.3 Å². The summed E-state index contributed by atoms with van der Waals surface area (Å²) in [5.74, 6) is 5.47. The molecule has 0 bridgehead atoms. The number of amides is 1. The summed E-state index contributed by atoms with van der Waals surface area (Å²) in [4.78, 5) is 11.7. The lowest BCUT2D eigenvalue weighted by Gasteiger charge is -2.01. The molecule has 0 aromatic heterocycles. The molecule has 1 amide bonds. The molecule has 0 saturated carbocycles. The summed E-state index contributed by atoms with van der Waals surface area (Å²) in [6, 6.07) is 6.51. The van der Waals surface area contributed by atoms with E-state index in [4.69, 9.17) is 5.84 Å². The Hall–Kier alpha value is -1.07. The van der Waals surface area contributed by atoms with Crippen LogP contribution in [0.5, 0.6) is 0 Å². The summed E-state index contributed by atoms with van der Waals surface area (Å²) in [6.07, 6.45) is 2.15. The Labute approximate surface area is 98.6 Å². The lowest BCUT2D eigenvalue weighted by molar-refractivity contribution is -0.121. The van der Waals surface area contributed by atoms with E-state index >= 15 is 0 Å². The summed E-state index contributed by atoms with van der Waals surface area (Å²) >= 11 is 1.59. The highest BCUT2D eigenvalue weighted by molar-refractivity contribution is 7.99. The van der Waals surface area contributed by atoms with Crippen molar-refractivity contribution in [2.75, 3.05) is 5.75 Å². The van der Waals surface area contributed by atoms with E-state index in [0.29, 0.717) is 6.42 Å². The zero-order chi connectivity index (χ0) is 11.8. The number of unbranched alkanes of at least 4 members (excludes halogenated alkanes) is 1. The van der Waals surface area contributed by atoms with E-state index in [2.05, 4.69) is 5.43 Å². The maximum atomic E-state index is 12.8. The molecule has 0 saturated heterocycles. The molecular formula is C11H15FN2OS. The van der Waals surface area contributed by atoms with Gasteiger partial charge in [-0.25, -0.2) is 10.2 Å². The fourth-order valence-electron chi connectivity index (χ4n) is 1.21. The van der Waals surface area contributed by atoms with Crippen molar-refractivity contribution in [3.05, 3.63) is 30.1 Å². The van der Waals surface area contributed by atoms with E-state index in [9.17, 15) is 9.18 Å². The lowest BCUT2D eigenvalue weighted by atomic mass is 10.2. The van der Waals surface area contributed by atoms with Gasteiger partial charge in [-0.05, 0) is 36.8 Å². The smallest absolute Gasteiger partial charge is 0.233 e. The monoisotopic (exact) mass is 242 g/mol. The van der Waals surface area contributed by atoms with Crippen LogP contribution in [-0.2, 0) is 4.79 Å². The molecular weight excluding hydrogens is 227 g/mol. The molecule has 1 aromatic carbocycles. The van der Waals surface area contributed by atoms with Crippen molar-refractivity contribution in [3.63, 3.8) is 0 Å². The van der Waals surface area contributed by atoms with Crippen LogP contribution in [0.4, 0.5) is 4.39 Å². The summed E-state index contributed by atoms with van der Waals surface area (Å²) in [7, 11) is 0. The SMILES string of the molecule is NNC(=O)CCCCSc1cccc(F)c1. The van der Waals surface area contributed by atoms with Gasteiger partial charge in [0.15, 0.2) is 0 Å². The molecule has 1 rings (SSSR count). The van der Waals surface area contributed by atoms with Gasteiger partial charge in [0.05, 0.1) is 0 Å². The number of thioether (sulfide) groups is 1. The number of hydrogen-bond donors (Lipinski definition) is 2. The lowest BCUT2D eigenvalue weighted by Crippen LogP contribution is -2.29. The molecule has 3 N–H and O–H groups in total. The number of carbonyl (C=O) groups is 1. The quantitative estimate of drug-likeness (QED) is 0.264. The van der Waals surface area contributed by atoms with Crippen LogP contribution in [0, 0.1) is 5.82 Å². The Morgan fingerprint density at radius 3 is 2.94 bits per heavy atom. The van der Waals surface area contributed by atoms with Gasteiger partial charge in [0, 0.05) is 11.3 Å². The number of carbonyl (C=O) groups excluding carboxylic acids is 1. The first-order valence-electron chi connectivity index (χ1n) is 5.10. The Bertz CT molecular complexity index is 347. The molecule has 88 valence electrons. The molecule has 0 spiro atoms. The van der Waals surface area contributed by atoms with Crippen LogP contribution < -0.4 is 11.3 Å². The Balaban J connectivity index is 2.14. The minimum atomic E-state index is -0.215. The van der Waals surface area contributed by atoms with E-state index in [1.54, 1.807) is 17.8 Å². The Morgan fingerprint density at radius 1 is 1.44 bits per heavy atom. The molecule has 16 heavy (non-hydrogen) atoms. The van der Waals surface area contributed by atoms with Gasteiger partial charge < -0.3 is 0 Å². The van der Waals surface area contributed by atoms with Gasteiger partial charge in [-0.2, -0.15) is 0 Å². The van der Waals surface area contributed by atoms with Crippen LogP contribution in [0.25, 0.3) is 0 Å². The first kappa shape index (κ1) is 13.0. The van der Waals surface area contributed by atoms with Crippen molar-refractivity contribution in [1.82, 2.24) is 5.43 Å². The molecule has 0 aliphatic carbocycles. The molecule has 0 heterocycles. The molecule has 1 aromatic rings. The van der Waals surface area contributed by atoms with Gasteiger partial charge >= 0.3 is 0 Å². The zero-order valence-corrected chi connectivity index (χ0v) is 9.73. The standard InChI is InChI=1S/C11H15FN2OS/c12-9-4-3-5-10(8-9)16-7-2-1-6-11(15)14-13/h3-5,8H,1-2,6-7,13H2,(H,14,15). The summed E-state index contributed by atoms with van der Waals surface area (Å²) < 4.78 is 12.8. The number of rotatable bonds is 6. The maximum absolute atomic E-state index is 12.8. The van der Waals surface area contributed by atoms with E-state index < -0.39 is 0 Å². The summed E-state index contributed by atoms with van der Waals surface area (Å²) in [5.41, 5.74) is 2.09. The molecule has 0 atom stereocenters. The fourth-order valence-corrected chi connectivity index (χ4v) is 2.16. The van der Waals surface area contributed by atoms with Gasteiger partial charge in [-0.15, -0.1) is 11.8 Å². The third kappa shape index (κ3) is 5.14. The molecule has 0 aliphatic rings. The second-order valence-corrected chi connectivity index (χ2v) is 4.50. The molecule has 0 unspecified atom stereocenters. The first-order chi connectivity index (χ1) is 7.72.